The van der Waals surface area contributed by atoms with E-state index in [1.54, 1.807) is 30.6 Å². The standard InChI is InChI=1S/C25H21N5O3/c31-22(12-13-30-25(33)19-9-5-4-8-18(19)24(32)29-30)28-23(16-6-2-1-3-7-16)17-10-11-20-21(14-17)27-15-26-20/h1-11,14-15,23H,12-13H2,(H,26,27)(H,28,31)(H,29,32). The first kappa shape index (κ1) is 20.4. The molecule has 0 saturated carbocycles. The maximum atomic E-state index is 12.9. The lowest BCUT2D eigenvalue weighted by Crippen LogP contribution is -2.34. The molecule has 0 fully saturated rings. The lowest BCUT2D eigenvalue weighted by Gasteiger charge is -2.20. The Labute approximate surface area is 187 Å². The number of aryl methyl sites for hydroxylation is 1. The van der Waals surface area contributed by atoms with Crippen LogP contribution in [0.1, 0.15) is 23.6 Å². The fraction of sp³-hybridized carbons (Fsp3) is 0.120. The zero-order valence-electron chi connectivity index (χ0n) is 17.6. The van der Waals surface area contributed by atoms with Crippen molar-refractivity contribution in [2.75, 3.05) is 0 Å². The van der Waals surface area contributed by atoms with E-state index in [2.05, 4.69) is 20.4 Å². The predicted octanol–water partition coefficient (Wildman–Crippen LogP) is 2.86. The third-order valence-electron chi connectivity index (χ3n) is 5.66. The molecule has 3 aromatic carbocycles. The van der Waals surface area contributed by atoms with Crippen molar-refractivity contribution >= 4 is 27.7 Å². The number of imidazole rings is 1. The summed E-state index contributed by atoms with van der Waals surface area (Å²) in [5.74, 6) is -0.241. The molecular formula is C25H21N5O3. The van der Waals surface area contributed by atoms with Gasteiger partial charge in [-0.1, -0.05) is 48.5 Å². The molecule has 0 aliphatic heterocycles. The molecule has 3 N–H and O–H groups in total. The molecule has 5 aromatic rings. The van der Waals surface area contributed by atoms with Gasteiger partial charge >= 0.3 is 0 Å². The van der Waals surface area contributed by atoms with Crippen molar-refractivity contribution in [2.24, 2.45) is 0 Å². The second kappa shape index (κ2) is 8.58. The van der Waals surface area contributed by atoms with Crippen molar-refractivity contribution in [2.45, 2.75) is 19.0 Å². The van der Waals surface area contributed by atoms with E-state index in [1.165, 1.54) is 4.68 Å². The number of rotatable bonds is 6. The van der Waals surface area contributed by atoms with Crippen molar-refractivity contribution in [3.8, 4) is 0 Å². The summed E-state index contributed by atoms with van der Waals surface area (Å²) in [5, 5.41) is 6.30. The highest BCUT2D eigenvalue weighted by atomic mass is 16.2. The lowest BCUT2D eigenvalue weighted by molar-refractivity contribution is -0.121. The molecule has 1 amide bonds. The fourth-order valence-corrected chi connectivity index (χ4v) is 3.99. The van der Waals surface area contributed by atoms with E-state index >= 15 is 0 Å². The van der Waals surface area contributed by atoms with Gasteiger partial charge in [-0.2, -0.15) is 0 Å². The molecule has 2 heterocycles. The summed E-state index contributed by atoms with van der Waals surface area (Å²) in [6.45, 7) is 0.0613. The fourth-order valence-electron chi connectivity index (χ4n) is 3.99. The second-order valence-electron chi connectivity index (χ2n) is 7.78. The monoisotopic (exact) mass is 439 g/mol. The molecule has 0 aliphatic carbocycles. The SMILES string of the molecule is O=C(CCn1[nH]c(=O)c2ccccc2c1=O)NC(c1ccccc1)c1ccc2nc[nH]c2c1. The van der Waals surface area contributed by atoms with Gasteiger partial charge in [0.1, 0.15) is 0 Å². The van der Waals surface area contributed by atoms with Gasteiger partial charge in [0.15, 0.2) is 0 Å². The van der Waals surface area contributed by atoms with Crippen molar-refractivity contribution in [3.63, 3.8) is 0 Å². The highest BCUT2D eigenvalue weighted by Gasteiger charge is 2.18. The predicted molar refractivity (Wildman–Crippen MR) is 126 cm³/mol. The van der Waals surface area contributed by atoms with Crippen molar-refractivity contribution in [1.82, 2.24) is 25.1 Å². The molecule has 164 valence electrons. The summed E-state index contributed by atoms with van der Waals surface area (Å²) >= 11 is 0. The lowest BCUT2D eigenvalue weighted by atomic mass is 9.98. The Morgan fingerprint density at radius 1 is 0.939 bits per heavy atom. The average molecular weight is 439 g/mol. The first-order chi connectivity index (χ1) is 16.1. The van der Waals surface area contributed by atoms with Gasteiger partial charge in [0, 0.05) is 6.42 Å². The van der Waals surface area contributed by atoms with Crippen LogP contribution < -0.4 is 16.4 Å². The maximum absolute atomic E-state index is 12.9. The molecule has 1 atom stereocenters. The molecule has 1 unspecified atom stereocenters. The number of hydrogen-bond acceptors (Lipinski definition) is 4. The molecule has 0 spiro atoms. The zero-order valence-corrected chi connectivity index (χ0v) is 17.6. The molecule has 8 nitrogen and oxygen atoms in total. The first-order valence-corrected chi connectivity index (χ1v) is 10.6. The molecule has 0 bridgehead atoms. The van der Waals surface area contributed by atoms with Gasteiger partial charge in [-0.05, 0) is 35.4 Å². The second-order valence-corrected chi connectivity index (χ2v) is 7.78. The van der Waals surface area contributed by atoms with Gasteiger partial charge in [-0.3, -0.25) is 19.5 Å². The first-order valence-electron chi connectivity index (χ1n) is 10.6. The molecule has 5 rings (SSSR count). The van der Waals surface area contributed by atoms with Crippen molar-refractivity contribution < 1.29 is 4.79 Å². The Kier molecular flexibility index (Phi) is 5.32. The molecule has 2 aromatic heterocycles. The molecule has 8 heteroatoms. The summed E-state index contributed by atoms with van der Waals surface area (Å²) in [6, 6.07) is 21.7. The Hall–Kier alpha value is -4.46. The summed E-state index contributed by atoms with van der Waals surface area (Å²) < 4.78 is 1.19. The number of amides is 1. The Morgan fingerprint density at radius 2 is 1.70 bits per heavy atom. The highest BCUT2D eigenvalue weighted by Crippen LogP contribution is 2.24. The largest absolute Gasteiger partial charge is 0.345 e. The topological polar surface area (TPSA) is 113 Å². The van der Waals surface area contributed by atoms with E-state index in [0.29, 0.717) is 10.8 Å². The van der Waals surface area contributed by atoms with Crippen LogP contribution in [-0.4, -0.2) is 25.7 Å². The minimum atomic E-state index is -0.376. The van der Waals surface area contributed by atoms with Gasteiger partial charge in [-0.25, -0.2) is 9.67 Å². The number of aromatic nitrogens is 4. The number of hydrogen-bond donors (Lipinski definition) is 3. The third kappa shape index (κ3) is 4.06. The van der Waals surface area contributed by atoms with Gasteiger partial charge in [-0.15, -0.1) is 0 Å². The van der Waals surface area contributed by atoms with Crippen LogP contribution in [0.15, 0.2) is 88.7 Å². The van der Waals surface area contributed by atoms with Crippen LogP contribution in [0.5, 0.6) is 0 Å². The van der Waals surface area contributed by atoms with Crippen molar-refractivity contribution in [1.29, 1.82) is 0 Å². The maximum Gasteiger partial charge on any atom is 0.273 e. The van der Waals surface area contributed by atoms with Gasteiger partial charge in [0.05, 0.1) is 40.7 Å². The van der Waals surface area contributed by atoms with Gasteiger partial charge in [0.2, 0.25) is 5.91 Å². The van der Waals surface area contributed by atoms with Crippen LogP contribution in [0, 0.1) is 0 Å². The Balaban J connectivity index is 1.39. The van der Waals surface area contributed by atoms with Crippen LogP contribution in [0.3, 0.4) is 0 Å². The minimum absolute atomic E-state index is 0.0316. The van der Waals surface area contributed by atoms with Crippen molar-refractivity contribution in [3.05, 3.63) is 111 Å². The van der Waals surface area contributed by atoms with E-state index in [1.807, 2.05) is 48.5 Å². The van der Waals surface area contributed by atoms with Crippen LogP contribution in [0.4, 0.5) is 0 Å². The van der Waals surface area contributed by atoms with Gasteiger partial charge < -0.3 is 10.3 Å². The summed E-state index contributed by atoms with van der Waals surface area (Å²) in [7, 11) is 0. The normalized spacial score (nSPS) is 12.1. The van der Waals surface area contributed by atoms with E-state index in [4.69, 9.17) is 0 Å². The van der Waals surface area contributed by atoms with E-state index in [9.17, 15) is 14.4 Å². The molecule has 0 radical (unpaired) electrons. The van der Waals surface area contributed by atoms with Gasteiger partial charge in [0.25, 0.3) is 11.1 Å². The minimum Gasteiger partial charge on any atom is -0.345 e. The number of H-pyrrole nitrogens is 2. The zero-order chi connectivity index (χ0) is 22.8. The summed E-state index contributed by atoms with van der Waals surface area (Å²) in [5.41, 5.74) is 2.87. The number of nitrogens with one attached hydrogen (secondary N) is 3. The third-order valence-corrected chi connectivity index (χ3v) is 5.66. The number of aromatic amines is 2. The Bertz CT molecular complexity index is 1570. The van der Waals surface area contributed by atoms with Crippen LogP contribution >= 0.6 is 0 Å². The van der Waals surface area contributed by atoms with Crippen LogP contribution in [-0.2, 0) is 11.3 Å². The van der Waals surface area contributed by atoms with Crippen LogP contribution in [0.2, 0.25) is 0 Å². The molecule has 33 heavy (non-hydrogen) atoms. The summed E-state index contributed by atoms with van der Waals surface area (Å²) in [6.07, 6.45) is 1.66. The number of carbonyl (C=O) groups excluding carboxylic acids is 1. The molecule has 0 aliphatic rings. The number of benzene rings is 3. The van der Waals surface area contributed by atoms with E-state index < -0.39 is 0 Å². The van der Waals surface area contributed by atoms with E-state index in [-0.39, 0.29) is 36.0 Å². The average Bonchev–Trinajstić information content (AvgIpc) is 3.32. The quantitative estimate of drug-likeness (QED) is 0.378. The number of carbonyl (C=O) groups is 1. The number of fused-ring (bicyclic) bond motifs is 2. The Morgan fingerprint density at radius 3 is 2.52 bits per heavy atom. The number of nitrogens with zero attached hydrogens (tertiary/aromatic N) is 2. The molecular weight excluding hydrogens is 418 g/mol. The smallest absolute Gasteiger partial charge is 0.273 e. The molecule has 0 saturated heterocycles. The summed E-state index contributed by atoms with van der Waals surface area (Å²) in [4.78, 5) is 45.3. The van der Waals surface area contributed by atoms with E-state index in [0.717, 1.165) is 22.2 Å². The highest BCUT2D eigenvalue weighted by molar-refractivity contribution is 5.80. The van der Waals surface area contributed by atoms with Crippen LogP contribution in [0.25, 0.3) is 21.8 Å².